The van der Waals surface area contributed by atoms with Gasteiger partial charge in [0.05, 0.1) is 6.61 Å². The summed E-state index contributed by atoms with van der Waals surface area (Å²) >= 11 is 0. The van der Waals surface area contributed by atoms with E-state index in [0.717, 1.165) is 26.1 Å². The van der Waals surface area contributed by atoms with Crippen molar-refractivity contribution in [3.63, 3.8) is 0 Å². The van der Waals surface area contributed by atoms with Gasteiger partial charge in [-0.15, -0.1) is 0 Å². The van der Waals surface area contributed by atoms with Gasteiger partial charge in [-0.05, 0) is 43.9 Å². The zero-order valence-electron chi connectivity index (χ0n) is 11.2. The number of hydrogen-bond donors (Lipinski definition) is 2. The van der Waals surface area contributed by atoms with Crippen LogP contribution in [0.2, 0.25) is 0 Å². The average Bonchev–Trinajstić information content (AvgIpc) is 2.58. The Bertz CT molecular complexity index is 390. The third-order valence-electron chi connectivity index (χ3n) is 3.79. The molecule has 0 aromatic heterocycles. The van der Waals surface area contributed by atoms with Crippen molar-refractivity contribution in [2.75, 3.05) is 19.7 Å². The molecule has 1 aliphatic rings. The van der Waals surface area contributed by atoms with Crippen molar-refractivity contribution in [3.05, 3.63) is 35.4 Å². The second-order valence-electron chi connectivity index (χ2n) is 5.71. The largest absolute Gasteiger partial charge is 0.394 e. The Morgan fingerprint density at radius 2 is 2.06 bits per heavy atom. The van der Waals surface area contributed by atoms with Crippen LogP contribution in [0.3, 0.4) is 0 Å². The van der Waals surface area contributed by atoms with Crippen LogP contribution in [-0.2, 0) is 13.0 Å². The number of aliphatic hydroxyl groups is 1. The minimum Gasteiger partial charge on any atom is -0.394 e. The molecule has 1 aromatic carbocycles. The summed E-state index contributed by atoms with van der Waals surface area (Å²) in [5.74, 6) is 0. The molecule has 3 N–H and O–H groups in total. The van der Waals surface area contributed by atoms with Gasteiger partial charge in [0.1, 0.15) is 0 Å². The van der Waals surface area contributed by atoms with Crippen molar-refractivity contribution in [2.45, 2.75) is 38.3 Å². The minimum absolute atomic E-state index is 0.0530. The van der Waals surface area contributed by atoms with Crippen molar-refractivity contribution in [1.29, 1.82) is 0 Å². The molecular weight excluding hydrogens is 224 g/mol. The highest BCUT2D eigenvalue weighted by Gasteiger charge is 2.20. The normalized spacial score (nSPS) is 19.9. The van der Waals surface area contributed by atoms with Gasteiger partial charge < -0.3 is 10.8 Å². The Morgan fingerprint density at radius 1 is 1.33 bits per heavy atom. The van der Waals surface area contributed by atoms with Crippen molar-refractivity contribution in [3.8, 4) is 0 Å². The van der Waals surface area contributed by atoms with Crippen molar-refractivity contribution in [1.82, 2.24) is 4.90 Å². The lowest BCUT2D eigenvalue weighted by Gasteiger charge is -2.27. The van der Waals surface area contributed by atoms with E-state index >= 15 is 0 Å². The first-order valence-corrected chi connectivity index (χ1v) is 6.80. The zero-order chi connectivity index (χ0) is 13.0. The van der Waals surface area contributed by atoms with Crippen LogP contribution in [0, 0.1) is 0 Å². The van der Waals surface area contributed by atoms with Crippen molar-refractivity contribution >= 4 is 0 Å². The van der Waals surface area contributed by atoms with Gasteiger partial charge in [-0.1, -0.05) is 24.3 Å². The number of hydrogen-bond acceptors (Lipinski definition) is 3. The van der Waals surface area contributed by atoms with E-state index in [1.54, 1.807) is 0 Å². The molecule has 0 amide bonds. The molecule has 0 fully saturated rings. The highest BCUT2D eigenvalue weighted by Crippen LogP contribution is 2.19. The molecule has 3 heteroatoms. The van der Waals surface area contributed by atoms with Crippen LogP contribution in [0.5, 0.6) is 0 Å². The molecule has 0 bridgehead atoms. The average molecular weight is 248 g/mol. The fourth-order valence-electron chi connectivity index (χ4n) is 2.45. The third-order valence-corrected chi connectivity index (χ3v) is 3.79. The van der Waals surface area contributed by atoms with E-state index in [1.165, 1.54) is 24.0 Å². The van der Waals surface area contributed by atoms with Gasteiger partial charge in [0.2, 0.25) is 0 Å². The minimum atomic E-state index is -0.453. The molecule has 0 saturated carbocycles. The Balaban J connectivity index is 1.96. The highest BCUT2D eigenvalue weighted by molar-refractivity contribution is 5.27. The molecule has 3 nitrogen and oxygen atoms in total. The lowest BCUT2D eigenvalue weighted by Crippen LogP contribution is -2.43. The Kier molecular flexibility index (Phi) is 4.38. The molecule has 1 unspecified atom stereocenters. The summed E-state index contributed by atoms with van der Waals surface area (Å²) in [6.45, 7) is 5.06. The summed E-state index contributed by atoms with van der Waals surface area (Å²) in [4.78, 5) is 2.45. The fourth-order valence-corrected chi connectivity index (χ4v) is 2.45. The first kappa shape index (κ1) is 13.5. The summed E-state index contributed by atoms with van der Waals surface area (Å²) in [6, 6.07) is 8.70. The molecule has 1 atom stereocenters. The van der Waals surface area contributed by atoms with Gasteiger partial charge in [-0.3, -0.25) is 4.90 Å². The van der Waals surface area contributed by atoms with E-state index in [4.69, 9.17) is 5.73 Å². The first-order valence-electron chi connectivity index (χ1n) is 6.80. The van der Waals surface area contributed by atoms with Gasteiger partial charge >= 0.3 is 0 Å². The standard InChI is InChI=1S/C15H24N2O/c1-15(16,12-18)8-10-17-9-4-7-13-5-2-3-6-14(13)11-17/h2-3,5-6,18H,4,7-12,16H2,1H3. The lowest BCUT2D eigenvalue weighted by atomic mass is 10.0. The number of rotatable bonds is 4. The van der Waals surface area contributed by atoms with Gasteiger partial charge in [0.15, 0.2) is 0 Å². The molecule has 1 heterocycles. The van der Waals surface area contributed by atoms with Crippen LogP contribution in [0.25, 0.3) is 0 Å². The van der Waals surface area contributed by atoms with Gasteiger partial charge in [0.25, 0.3) is 0 Å². The predicted octanol–water partition coefficient (Wildman–Crippen LogP) is 1.53. The van der Waals surface area contributed by atoms with Gasteiger partial charge in [-0.2, -0.15) is 0 Å². The second-order valence-corrected chi connectivity index (χ2v) is 5.71. The van der Waals surface area contributed by atoms with E-state index < -0.39 is 5.54 Å². The molecule has 0 aliphatic carbocycles. The summed E-state index contributed by atoms with van der Waals surface area (Å²) in [6.07, 6.45) is 3.22. The Morgan fingerprint density at radius 3 is 2.78 bits per heavy atom. The number of nitrogens with zero attached hydrogens (tertiary/aromatic N) is 1. The molecule has 0 radical (unpaired) electrons. The maximum absolute atomic E-state index is 9.19. The zero-order valence-corrected chi connectivity index (χ0v) is 11.2. The molecule has 1 aliphatic heterocycles. The molecule has 2 rings (SSSR count). The van der Waals surface area contributed by atoms with E-state index in [9.17, 15) is 5.11 Å². The first-order chi connectivity index (χ1) is 8.61. The van der Waals surface area contributed by atoms with Crippen LogP contribution in [0.4, 0.5) is 0 Å². The number of fused-ring (bicyclic) bond motifs is 1. The number of nitrogens with two attached hydrogens (primary N) is 1. The third kappa shape index (κ3) is 3.55. The van der Waals surface area contributed by atoms with Crippen LogP contribution >= 0.6 is 0 Å². The second kappa shape index (κ2) is 5.83. The number of aryl methyl sites for hydroxylation is 1. The lowest BCUT2D eigenvalue weighted by molar-refractivity contribution is 0.172. The molecular formula is C15H24N2O. The fraction of sp³-hybridized carbons (Fsp3) is 0.600. The number of aliphatic hydroxyl groups excluding tert-OH is 1. The topological polar surface area (TPSA) is 49.5 Å². The van der Waals surface area contributed by atoms with Crippen LogP contribution in [-0.4, -0.2) is 35.2 Å². The molecule has 18 heavy (non-hydrogen) atoms. The van der Waals surface area contributed by atoms with Crippen LogP contribution in [0.1, 0.15) is 30.9 Å². The highest BCUT2D eigenvalue weighted by atomic mass is 16.3. The predicted molar refractivity (Wildman–Crippen MR) is 74.3 cm³/mol. The summed E-state index contributed by atoms with van der Waals surface area (Å²) < 4.78 is 0. The van der Waals surface area contributed by atoms with E-state index in [2.05, 4.69) is 29.2 Å². The van der Waals surface area contributed by atoms with Crippen LogP contribution in [0.15, 0.2) is 24.3 Å². The maximum atomic E-state index is 9.19. The van der Waals surface area contributed by atoms with Gasteiger partial charge in [0, 0.05) is 18.6 Å². The molecule has 0 spiro atoms. The summed E-state index contributed by atoms with van der Waals surface area (Å²) in [5.41, 5.74) is 8.46. The van der Waals surface area contributed by atoms with Crippen molar-refractivity contribution < 1.29 is 5.11 Å². The van der Waals surface area contributed by atoms with E-state index in [-0.39, 0.29) is 6.61 Å². The van der Waals surface area contributed by atoms with Crippen LogP contribution < -0.4 is 5.73 Å². The molecule has 1 aromatic rings. The van der Waals surface area contributed by atoms with E-state index in [1.807, 2.05) is 6.92 Å². The molecule has 0 saturated heterocycles. The maximum Gasteiger partial charge on any atom is 0.0608 e. The van der Waals surface area contributed by atoms with Gasteiger partial charge in [-0.25, -0.2) is 0 Å². The Hall–Kier alpha value is -0.900. The summed E-state index contributed by atoms with van der Waals surface area (Å²) in [5, 5.41) is 9.19. The van der Waals surface area contributed by atoms with Crippen molar-refractivity contribution in [2.24, 2.45) is 5.73 Å². The Labute approximate surface area is 110 Å². The number of benzene rings is 1. The smallest absolute Gasteiger partial charge is 0.0608 e. The quantitative estimate of drug-likeness (QED) is 0.849. The SMILES string of the molecule is CC(N)(CO)CCN1CCCc2ccccc2C1. The van der Waals surface area contributed by atoms with E-state index in [0.29, 0.717) is 0 Å². The summed E-state index contributed by atoms with van der Waals surface area (Å²) in [7, 11) is 0. The molecule has 100 valence electrons. The monoisotopic (exact) mass is 248 g/mol.